The zero-order valence-electron chi connectivity index (χ0n) is 16.0. The second-order valence-corrected chi connectivity index (χ2v) is 7.99. The molecule has 0 spiro atoms. The van der Waals surface area contributed by atoms with Gasteiger partial charge in [-0.1, -0.05) is 36.4 Å². The van der Waals surface area contributed by atoms with Crippen LogP contribution in [0.2, 0.25) is 0 Å². The second kappa shape index (κ2) is 8.93. The van der Waals surface area contributed by atoms with Crippen LogP contribution < -0.4 is 4.90 Å². The maximum atomic E-state index is 13.1. The van der Waals surface area contributed by atoms with Crippen LogP contribution in [0.15, 0.2) is 71.8 Å². The van der Waals surface area contributed by atoms with Crippen molar-refractivity contribution < 1.29 is 4.79 Å². The highest BCUT2D eigenvalue weighted by Crippen LogP contribution is 2.30. The number of rotatable bonds is 6. The molecule has 0 atom stereocenters. The van der Waals surface area contributed by atoms with Gasteiger partial charge >= 0.3 is 0 Å². The van der Waals surface area contributed by atoms with E-state index in [1.807, 2.05) is 66.7 Å². The Kier molecular flexibility index (Phi) is 5.92. The fraction of sp³-hybridized carbons (Fsp3) is 0.208. The van der Waals surface area contributed by atoms with E-state index in [4.69, 9.17) is 4.98 Å². The number of aromatic nitrogens is 1. The predicted molar refractivity (Wildman–Crippen MR) is 116 cm³/mol. The van der Waals surface area contributed by atoms with Gasteiger partial charge in [0.05, 0.1) is 5.56 Å². The molecule has 4 nitrogen and oxygen atoms in total. The van der Waals surface area contributed by atoms with Crippen molar-refractivity contribution in [2.75, 3.05) is 10.7 Å². The summed E-state index contributed by atoms with van der Waals surface area (Å²) in [7, 11) is 0. The maximum Gasteiger partial charge on any atom is 0.232 e. The van der Waals surface area contributed by atoms with E-state index in [9.17, 15) is 10.1 Å². The number of nitriles is 1. The average molecular weight is 400 g/mol. The monoisotopic (exact) mass is 399 g/mol. The number of benzene rings is 2. The number of hydrogen-bond acceptors (Lipinski definition) is 4. The van der Waals surface area contributed by atoms with Gasteiger partial charge in [0.15, 0.2) is 0 Å². The Balaban J connectivity index is 1.49. The van der Waals surface area contributed by atoms with Crippen molar-refractivity contribution in [3.05, 3.63) is 83.6 Å². The third-order valence-corrected chi connectivity index (χ3v) is 5.96. The van der Waals surface area contributed by atoms with Gasteiger partial charge in [0.1, 0.15) is 11.1 Å². The Bertz CT molecular complexity index is 1010. The molecule has 1 heterocycles. The van der Waals surface area contributed by atoms with E-state index in [1.54, 1.807) is 4.90 Å². The molecule has 0 N–H and O–H groups in total. The molecule has 0 saturated carbocycles. The first-order chi connectivity index (χ1) is 14.3. The van der Waals surface area contributed by atoms with Crippen molar-refractivity contribution in [1.82, 2.24) is 4.98 Å². The SMILES string of the molecule is N#Cc1cc2c(nc1SCCC(=O)N(c1ccccc1)c1ccccc1)CCC2. The van der Waals surface area contributed by atoms with E-state index in [2.05, 4.69) is 6.07 Å². The topological polar surface area (TPSA) is 57.0 Å². The van der Waals surface area contributed by atoms with E-state index in [0.717, 1.165) is 41.4 Å². The molecule has 0 unspecified atom stereocenters. The quantitative estimate of drug-likeness (QED) is 0.529. The Morgan fingerprint density at radius 1 is 1.03 bits per heavy atom. The fourth-order valence-corrected chi connectivity index (χ4v) is 4.49. The number of amides is 1. The molecule has 0 aliphatic heterocycles. The van der Waals surface area contributed by atoms with Crippen molar-refractivity contribution in [2.45, 2.75) is 30.7 Å². The molecule has 1 aromatic heterocycles. The average Bonchev–Trinajstić information content (AvgIpc) is 3.22. The summed E-state index contributed by atoms with van der Waals surface area (Å²) < 4.78 is 0. The summed E-state index contributed by atoms with van der Waals surface area (Å²) in [5.74, 6) is 0.602. The zero-order valence-corrected chi connectivity index (χ0v) is 16.9. The van der Waals surface area contributed by atoms with Crippen LogP contribution in [0.25, 0.3) is 0 Å². The highest BCUT2D eigenvalue weighted by molar-refractivity contribution is 7.99. The Morgan fingerprint density at radius 3 is 2.31 bits per heavy atom. The molecule has 1 amide bonds. The first-order valence-electron chi connectivity index (χ1n) is 9.75. The minimum absolute atomic E-state index is 0.0227. The number of para-hydroxylation sites is 2. The van der Waals surface area contributed by atoms with Gasteiger partial charge in [0.25, 0.3) is 0 Å². The predicted octanol–water partition coefficient (Wildman–Crippen LogP) is 5.29. The van der Waals surface area contributed by atoms with Crippen molar-refractivity contribution in [2.24, 2.45) is 0 Å². The van der Waals surface area contributed by atoms with Crippen molar-refractivity contribution >= 4 is 29.0 Å². The Morgan fingerprint density at radius 2 is 1.69 bits per heavy atom. The molecule has 4 rings (SSSR count). The first kappa shape index (κ1) is 19.2. The van der Waals surface area contributed by atoms with Gasteiger partial charge in [0.2, 0.25) is 5.91 Å². The van der Waals surface area contributed by atoms with E-state index >= 15 is 0 Å². The molecule has 0 radical (unpaired) electrons. The maximum absolute atomic E-state index is 13.1. The number of fused-ring (bicyclic) bond motifs is 1. The smallest absolute Gasteiger partial charge is 0.232 e. The van der Waals surface area contributed by atoms with Crippen LogP contribution in [0.5, 0.6) is 0 Å². The van der Waals surface area contributed by atoms with Crippen molar-refractivity contribution in [1.29, 1.82) is 5.26 Å². The van der Waals surface area contributed by atoms with Crippen LogP contribution >= 0.6 is 11.8 Å². The molecule has 5 heteroatoms. The number of carbonyl (C=O) groups excluding carboxylic acids is 1. The van der Waals surface area contributed by atoms with Crippen LogP contribution in [0.4, 0.5) is 11.4 Å². The van der Waals surface area contributed by atoms with Gasteiger partial charge in [-0.15, -0.1) is 11.8 Å². The number of aryl methyl sites for hydroxylation is 2. The number of nitrogens with zero attached hydrogens (tertiary/aromatic N) is 3. The van der Waals surface area contributed by atoms with Crippen LogP contribution in [0.1, 0.15) is 29.7 Å². The number of thioether (sulfide) groups is 1. The lowest BCUT2D eigenvalue weighted by Gasteiger charge is -2.23. The summed E-state index contributed by atoms with van der Waals surface area (Å²) in [6.45, 7) is 0. The van der Waals surface area contributed by atoms with Gasteiger partial charge in [0, 0.05) is 29.2 Å². The molecule has 1 aliphatic carbocycles. The molecule has 0 fully saturated rings. The number of hydrogen-bond donors (Lipinski definition) is 0. The summed E-state index contributed by atoms with van der Waals surface area (Å²) in [6.07, 6.45) is 3.44. The van der Waals surface area contributed by atoms with Crippen molar-refractivity contribution in [3.8, 4) is 6.07 Å². The summed E-state index contributed by atoms with van der Waals surface area (Å²) in [4.78, 5) is 19.6. The van der Waals surface area contributed by atoms with Gasteiger partial charge in [-0.2, -0.15) is 5.26 Å². The van der Waals surface area contributed by atoms with E-state index in [-0.39, 0.29) is 5.91 Å². The Hall–Kier alpha value is -3.10. The van der Waals surface area contributed by atoms with Gasteiger partial charge < -0.3 is 0 Å². The zero-order chi connectivity index (χ0) is 20.1. The second-order valence-electron chi connectivity index (χ2n) is 6.91. The lowest BCUT2D eigenvalue weighted by atomic mass is 10.2. The van der Waals surface area contributed by atoms with Gasteiger partial charge in [-0.05, 0) is 55.2 Å². The summed E-state index contributed by atoms with van der Waals surface area (Å²) in [5, 5.41) is 10.2. The van der Waals surface area contributed by atoms with Crippen LogP contribution in [0.3, 0.4) is 0 Å². The van der Waals surface area contributed by atoms with E-state index in [1.165, 1.54) is 17.3 Å². The molecule has 0 bridgehead atoms. The highest BCUT2D eigenvalue weighted by atomic mass is 32.2. The number of anilines is 2. The molecular formula is C24H21N3OS. The largest absolute Gasteiger partial charge is 0.281 e. The lowest BCUT2D eigenvalue weighted by Crippen LogP contribution is -2.26. The summed E-state index contributed by atoms with van der Waals surface area (Å²) in [5.41, 5.74) is 4.62. The standard InChI is InChI=1S/C24H21N3OS/c25-17-19-16-18-8-7-13-22(18)26-24(19)29-15-14-23(28)27(20-9-3-1-4-10-20)21-11-5-2-6-12-21/h1-6,9-12,16H,7-8,13-15H2. The summed E-state index contributed by atoms with van der Waals surface area (Å²) in [6, 6.07) is 23.6. The lowest BCUT2D eigenvalue weighted by molar-refractivity contribution is -0.117. The number of carbonyl (C=O) groups is 1. The van der Waals surface area contributed by atoms with Gasteiger partial charge in [-0.25, -0.2) is 4.98 Å². The van der Waals surface area contributed by atoms with Crippen LogP contribution in [-0.4, -0.2) is 16.6 Å². The van der Waals surface area contributed by atoms with Gasteiger partial charge in [-0.3, -0.25) is 9.69 Å². The molecule has 3 aromatic rings. The minimum atomic E-state index is 0.0227. The van der Waals surface area contributed by atoms with Crippen molar-refractivity contribution in [3.63, 3.8) is 0 Å². The highest BCUT2D eigenvalue weighted by Gasteiger charge is 2.19. The summed E-state index contributed by atoms with van der Waals surface area (Å²) >= 11 is 1.49. The van der Waals surface area contributed by atoms with E-state index < -0.39 is 0 Å². The minimum Gasteiger partial charge on any atom is -0.281 e. The van der Waals surface area contributed by atoms with Crippen LogP contribution in [-0.2, 0) is 17.6 Å². The molecule has 0 saturated heterocycles. The molecule has 29 heavy (non-hydrogen) atoms. The fourth-order valence-electron chi connectivity index (χ4n) is 3.58. The molecule has 144 valence electrons. The van der Waals surface area contributed by atoms with Crippen LogP contribution in [0, 0.1) is 11.3 Å². The number of pyridine rings is 1. The first-order valence-corrected chi connectivity index (χ1v) is 10.7. The molecule has 1 aliphatic rings. The van der Waals surface area contributed by atoms with E-state index in [0.29, 0.717) is 17.7 Å². The third-order valence-electron chi connectivity index (χ3n) is 4.97. The third kappa shape index (κ3) is 4.33. The Labute approximate surface area is 175 Å². The normalized spacial score (nSPS) is 12.2. The molecule has 2 aromatic carbocycles. The molecular weight excluding hydrogens is 378 g/mol.